The molecule has 0 fully saturated rings. The molecule has 0 aromatic carbocycles. The van der Waals surface area contributed by atoms with E-state index in [2.05, 4.69) is 11.6 Å². The maximum absolute atomic E-state index is 10.6. The van der Waals surface area contributed by atoms with Gasteiger partial charge in [0.05, 0.1) is 4.92 Å². The average molecular weight is 236 g/mol. The molecule has 6 heteroatoms. The monoisotopic (exact) mass is 236 g/mol. The second-order valence-corrected chi connectivity index (χ2v) is 3.57. The van der Waals surface area contributed by atoms with Crippen molar-refractivity contribution in [2.45, 2.75) is 13.3 Å². The molecule has 0 radical (unpaired) electrons. The van der Waals surface area contributed by atoms with Crippen molar-refractivity contribution in [3.8, 4) is 0 Å². The number of nitrogens with zero attached hydrogens (tertiary/aromatic N) is 3. The van der Waals surface area contributed by atoms with Gasteiger partial charge in [-0.3, -0.25) is 10.1 Å². The van der Waals surface area contributed by atoms with E-state index in [1.165, 1.54) is 6.07 Å². The molecule has 6 nitrogen and oxygen atoms in total. The molecule has 0 saturated heterocycles. The van der Waals surface area contributed by atoms with Crippen molar-refractivity contribution >= 4 is 17.3 Å². The summed E-state index contributed by atoms with van der Waals surface area (Å²) in [4.78, 5) is 16.1. The second-order valence-electron chi connectivity index (χ2n) is 3.57. The van der Waals surface area contributed by atoms with Gasteiger partial charge in [-0.05, 0) is 12.5 Å². The van der Waals surface area contributed by atoms with E-state index < -0.39 is 4.92 Å². The average Bonchev–Trinajstić information content (AvgIpc) is 2.28. The minimum absolute atomic E-state index is 0.0577. The normalized spacial score (nSPS) is 9.94. The molecule has 0 aliphatic heterocycles. The molecule has 17 heavy (non-hydrogen) atoms. The fourth-order valence-corrected chi connectivity index (χ4v) is 1.51. The summed E-state index contributed by atoms with van der Waals surface area (Å²) in [5.41, 5.74) is 5.38. The topological polar surface area (TPSA) is 85.3 Å². The summed E-state index contributed by atoms with van der Waals surface area (Å²) < 4.78 is 0. The molecule has 0 aliphatic carbocycles. The van der Waals surface area contributed by atoms with E-state index in [0.29, 0.717) is 12.4 Å². The first-order valence-electron chi connectivity index (χ1n) is 5.36. The summed E-state index contributed by atoms with van der Waals surface area (Å²) in [5.74, 6) is 0.576. The standard InChI is InChI=1S/C11H16N4O2/c1-3-7-14(8-4-2)10-6-5-9(15(16)17)11(12)13-10/h3,5-6H,1,4,7-8H2,2H3,(H2,12,13). The van der Waals surface area contributed by atoms with Crippen LogP contribution >= 0.6 is 0 Å². The van der Waals surface area contributed by atoms with Crippen molar-refractivity contribution in [2.24, 2.45) is 0 Å². The quantitative estimate of drug-likeness (QED) is 0.463. The third-order valence-electron chi connectivity index (χ3n) is 2.25. The molecule has 1 aromatic heterocycles. The van der Waals surface area contributed by atoms with E-state index >= 15 is 0 Å². The number of hydrogen-bond acceptors (Lipinski definition) is 5. The zero-order chi connectivity index (χ0) is 12.8. The lowest BCUT2D eigenvalue weighted by Crippen LogP contribution is -2.25. The Labute approximate surface area is 99.9 Å². The van der Waals surface area contributed by atoms with Crippen LogP contribution in [0.25, 0.3) is 0 Å². The summed E-state index contributed by atoms with van der Waals surface area (Å²) in [6.07, 6.45) is 2.71. The van der Waals surface area contributed by atoms with Crippen LogP contribution in [0.5, 0.6) is 0 Å². The third kappa shape index (κ3) is 3.17. The largest absolute Gasteiger partial charge is 0.378 e. The lowest BCUT2D eigenvalue weighted by atomic mass is 10.3. The van der Waals surface area contributed by atoms with Crippen LogP contribution in [-0.4, -0.2) is 23.0 Å². The van der Waals surface area contributed by atoms with Gasteiger partial charge >= 0.3 is 5.69 Å². The Bertz CT molecular complexity index is 420. The molecule has 92 valence electrons. The fraction of sp³-hybridized carbons (Fsp3) is 0.364. The number of nitrogens with two attached hydrogens (primary N) is 1. The van der Waals surface area contributed by atoms with Gasteiger partial charge in [-0.25, -0.2) is 4.98 Å². The summed E-state index contributed by atoms with van der Waals surface area (Å²) >= 11 is 0. The minimum Gasteiger partial charge on any atom is -0.378 e. The summed E-state index contributed by atoms with van der Waals surface area (Å²) in [6.45, 7) is 7.15. The lowest BCUT2D eigenvalue weighted by Gasteiger charge is -2.21. The molecule has 0 bridgehead atoms. The van der Waals surface area contributed by atoms with Crippen LogP contribution in [-0.2, 0) is 0 Å². The highest BCUT2D eigenvalue weighted by atomic mass is 16.6. The van der Waals surface area contributed by atoms with Crippen molar-refractivity contribution < 1.29 is 4.92 Å². The van der Waals surface area contributed by atoms with Gasteiger partial charge in [-0.1, -0.05) is 13.0 Å². The molecule has 1 rings (SSSR count). The first-order chi connectivity index (χ1) is 8.10. The van der Waals surface area contributed by atoms with E-state index in [1.807, 2.05) is 11.8 Å². The van der Waals surface area contributed by atoms with Gasteiger partial charge in [0.2, 0.25) is 5.82 Å². The van der Waals surface area contributed by atoms with Gasteiger partial charge in [-0.15, -0.1) is 6.58 Å². The number of nitrogen functional groups attached to an aromatic ring is 1. The van der Waals surface area contributed by atoms with Crippen LogP contribution in [0.15, 0.2) is 24.8 Å². The number of hydrogen-bond donors (Lipinski definition) is 1. The highest BCUT2D eigenvalue weighted by molar-refractivity contribution is 5.58. The van der Waals surface area contributed by atoms with Crippen LogP contribution in [0.4, 0.5) is 17.3 Å². The van der Waals surface area contributed by atoms with Gasteiger partial charge < -0.3 is 10.6 Å². The van der Waals surface area contributed by atoms with Gasteiger partial charge in [0, 0.05) is 19.2 Å². The Balaban J connectivity index is 3.01. The highest BCUT2D eigenvalue weighted by Gasteiger charge is 2.15. The maximum atomic E-state index is 10.6. The van der Waals surface area contributed by atoms with Crippen LogP contribution in [0.1, 0.15) is 13.3 Å². The SMILES string of the molecule is C=CCN(CCC)c1ccc([N+](=O)[O-])c(N)n1. The molecule has 0 unspecified atom stereocenters. The predicted molar refractivity (Wildman–Crippen MR) is 68.0 cm³/mol. The first-order valence-corrected chi connectivity index (χ1v) is 5.36. The summed E-state index contributed by atoms with van der Waals surface area (Å²) in [7, 11) is 0. The molecule has 0 amide bonds. The molecule has 1 aromatic rings. The molecule has 2 N–H and O–H groups in total. The summed E-state index contributed by atoms with van der Waals surface area (Å²) in [5, 5.41) is 10.6. The predicted octanol–water partition coefficient (Wildman–Crippen LogP) is 1.97. The number of nitro groups is 1. The van der Waals surface area contributed by atoms with Crippen LogP contribution in [0, 0.1) is 10.1 Å². The maximum Gasteiger partial charge on any atom is 0.311 e. The molecule has 0 aliphatic rings. The van der Waals surface area contributed by atoms with E-state index in [1.54, 1.807) is 12.1 Å². The number of anilines is 2. The van der Waals surface area contributed by atoms with Crippen molar-refractivity contribution in [3.63, 3.8) is 0 Å². The van der Waals surface area contributed by atoms with E-state index in [9.17, 15) is 10.1 Å². The Kier molecular flexibility index (Phi) is 4.45. The van der Waals surface area contributed by atoms with Crippen molar-refractivity contribution in [1.29, 1.82) is 0 Å². The van der Waals surface area contributed by atoms with Crippen molar-refractivity contribution in [3.05, 3.63) is 34.9 Å². The fourth-order valence-electron chi connectivity index (χ4n) is 1.51. The third-order valence-corrected chi connectivity index (χ3v) is 2.25. The molecule has 1 heterocycles. The zero-order valence-corrected chi connectivity index (χ0v) is 9.80. The molecule has 0 atom stereocenters. The smallest absolute Gasteiger partial charge is 0.311 e. The van der Waals surface area contributed by atoms with Gasteiger partial charge in [0.25, 0.3) is 0 Å². The highest BCUT2D eigenvalue weighted by Crippen LogP contribution is 2.22. The van der Waals surface area contributed by atoms with Gasteiger partial charge in [0.1, 0.15) is 5.82 Å². The van der Waals surface area contributed by atoms with E-state index in [0.717, 1.165) is 13.0 Å². The number of rotatable bonds is 6. The van der Waals surface area contributed by atoms with Crippen molar-refractivity contribution in [2.75, 3.05) is 23.7 Å². The molecular weight excluding hydrogens is 220 g/mol. The second kappa shape index (κ2) is 5.83. The Morgan fingerprint density at radius 2 is 2.35 bits per heavy atom. The molecule has 0 saturated carbocycles. The lowest BCUT2D eigenvalue weighted by molar-refractivity contribution is -0.384. The molecular formula is C11H16N4O2. The Hall–Kier alpha value is -2.11. The number of aromatic nitrogens is 1. The Morgan fingerprint density at radius 1 is 1.65 bits per heavy atom. The van der Waals surface area contributed by atoms with Gasteiger partial charge in [0.15, 0.2) is 0 Å². The van der Waals surface area contributed by atoms with Crippen LogP contribution in [0.2, 0.25) is 0 Å². The summed E-state index contributed by atoms with van der Waals surface area (Å²) in [6, 6.07) is 2.98. The minimum atomic E-state index is -0.538. The van der Waals surface area contributed by atoms with E-state index in [-0.39, 0.29) is 11.5 Å². The molecule has 0 spiro atoms. The van der Waals surface area contributed by atoms with Crippen molar-refractivity contribution in [1.82, 2.24) is 4.98 Å². The number of pyridine rings is 1. The van der Waals surface area contributed by atoms with Crippen LogP contribution < -0.4 is 10.6 Å². The zero-order valence-electron chi connectivity index (χ0n) is 9.80. The van der Waals surface area contributed by atoms with E-state index in [4.69, 9.17) is 5.73 Å². The first kappa shape index (κ1) is 13.0. The van der Waals surface area contributed by atoms with Crippen LogP contribution in [0.3, 0.4) is 0 Å². The van der Waals surface area contributed by atoms with Gasteiger partial charge in [-0.2, -0.15) is 0 Å². The Morgan fingerprint density at radius 3 is 2.82 bits per heavy atom.